The normalized spacial score (nSPS) is 22.1. The van der Waals surface area contributed by atoms with Gasteiger partial charge in [-0.15, -0.1) is 0 Å². The summed E-state index contributed by atoms with van der Waals surface area (Å²) in [4.78, 5) is 16.3. The van der Waals surface area contributed by atoms with Crippen molar-refractivity contribution >= 4 is 15.7 Å². The minimum atomic E-state index is -2.87. The lowest BCUT2D eigenvalue weighted by Crippen LogP contribution is -2.53. The first-order valence-corrected chi connectivity index (χ1v) is 10.3. The zero-order valence-corrected chi connectivity index (χ0v) is 14.8. The predicted octanol–water partition coefficient (Wildman–Crippen LogP) is 1.23. The average Bonchev–Trinajstić information content (AvgIpc) is 2.57. The molecule has 3 rings (SSSR count). The van der Waals surface area contributed by atoms with Crippen LogP contribution in [0.1, 0.15) is 18.4 Å². The van der Waals surface area contributed by atoms with Crippen LogP contribution in [0.3, 0.4) is 0 Å². The molecular formula is C17H22F2N2O3S. The molecule has 1 aromatic rings. The number of benzene rings is 1. The number of piperazine rings is 1. The maximum Gasteiger partial charge on any atom is 0.227 e. The van der Waals surface area contributed by atoms with Gasteiger partial charge in [-0.05, 0) is 24.5 Å². The Kier molecular flexibility index (Phi) is 5.38. The van der Waals surface area contributed by atoms with Gasteiger partial charge in [-0.25, -0.2) is 17.2 Å². The monoisotopic (exact) mass is 372 g/mol. The number of carbonyl (C=O) groups is 1. The van der Waals surface area contributed by atoms with Gasteiger partial charge in [0.25, 0.3) is 0 Å². The van der Waals surface area contributed by atoms with Gasteiger partial charge in [0, 0.05) is 38.3 Å². The van der Waals surface area contributed by atoms with E-state index in [4.69, 9.17) is 0 Å². The van der Waals surface area contributed by atoms with Gasteiger partial charge in [-0.3, -0.25) is 9.69 Å². The van der Waals surface area contributed by atoms with E-state index in [1.54, 1.807) is 4.90 Å². The number of hydrogen-bond donors (Lipinski definition) is 0. The second-order valence-electron chi connectivity index (χ2n) is 6.71. The number of amides is 1. The third kappa shape index (κ3) is 4.55. The smallest absolute Gasteiger partial charge is 0.227 e. The van der Waals surface area contributed by atoms with E-state index in [9.17, 15) is 22.0 Å². The first-order chi connectivity index (χ1) is 11.8. The van der Waals surface area contributed by atoms with Crippen LogP contribution in [0.4, 0.5) is 8.78 Å². The summed E-state index contributed by atoms with van der Waals surface area (Å²) in [6.45, 7) is 2.49. The van der Waals surface area contributed by atoms with Crippen LogP contribution in [-0.4, -0.2) is 67.9 Å². The first-order valence-electron chi connectivity index (χ1n) is 8.50. The summed E-state index contributed by atoms with van der Waals surface area (Å²) in [6, 6.07) is 3.51. The number of sulfone groups is 1. The zero-order chi connectivity index (χ0) is 18.0. The Morgan fingerprint density at radius 3 is 2.32 bits per heavy atom. The summed E-state index contributed by atoms with van der Waals surface area (Å²) in [5.41, 5.74) is 0.200. The number of halogens is 2. The summed E-state index contributed by atoms with van der Waals surface area (Å²) in [6.07, 6.45) is 1.22. The van der Waals surface area contributed by atoms with Crippen molar-refractivity contribution in [1.82, 2.24) is 9.80 Å². The summed E-state index contributed by atoms with van der Waals surface area (Å²) in [5.74, 6) is -1.05. The molecule has 0 unspecified atom stereocenters. The largest absolute Gasteiger partial charge is 0.340 e. The fraction of sp³-hybridized carbons (Fsp3) is 0.588. The predicted molar refractivity (Wildman–Crippen MR) is 89.9 cm³/mol. The summed E-state index contributed by atoms with van der Waals surface area (Å²) < 4.78 is 49.6. The van der Waals surface area contributed by atoms with E-state index in [2.05, 4.69) is 4.90 Å². The van der Waals surface area contributed by atoms with Crippen LogP contribution in [0, 0.1) is 11.6 Å². The second kappa shape index (κ2) is 7.37. The Hall–Kier alpha value is -1.54. The number of rotatable bonds is 3. The number of hydrogen-bond acceptors (Lipinski definition) is 4. The molecule has 25 heavy (non-hydrogen) atoms. The minimum Gasteiger partial charge on any atom is -0.340 e. The number of carbonyl (C=O) groups excluding carboxylic acids is 1. The van der Waals surface area contributed by atoms with E-state index in [1.807, 2.05) is 0 Å². The van der Waals surface area contributed by atoms with Crippen LogP contribution in [0.25, 0.3) is 0 Å². The SMILES string of the molecule is O=C(Cc1ccc(F)cc1F)N1CCN(C2CCS(=O)(=O)CC2)CC1. The molecular weight excluding hydrogens is 350 g/mol. The highest BCUT2D eigenvalue weighted by atomic mass is 32.2. The van der Waals surface area contributed by atoms with Crippen molar-refractivity contribution in [3.8, 4) is 0 Å². The Labute approximate surface area is 146 Å². The van der Waals surface area contributed by atoms with Gasteiger partial charge >= 0.3 is 0 Å². The van der Waals surface area contributed by atoms with Gasteiger partial charge in [-0.1, -0.05) is 6.07 Å². The molecule has 0 N–H and O–H groups in total. The minimum absolute atomic E-state index is 0.0756. The molecule has 8 heteroatoms. The molecule has 0 saturated carbocycles. The van der Waals surface area contributed by atoms with E-state index in [0.29, 0.717) is 39.0 Å². The van der Waals surface area contributed by atoms with Crippen LogP contribution < -0.4 is 0 Å². The molecule has 5 nitrogen and oxygen atoms in total. The molecule has 0 atom stereocenters. The van der Waals surface area contributed by atoms with Gasteiger partial charge in [0.2, 0.25) is 5.91 Å². The molecule has 1 amide bonds. The molecule has 2 aliphatic rings. The Morgan fingerprint density at radius 1 is 1.08 bits per heavy atom. The molecule has 2 heterocycles. The molecule has 138 valence electrons. The summed E-state index contributed by atoms with van der Waals surface area (Å²) >= 11 is 0. The van der Waals surface area contributed by atoms with Crippen LogP contribution in [0.5, 0.6) is 0 Å². The quantitative estimate of drug-likeness (QED) is 0.801. The van der Waals surface area contributed by atoms with Crippen molar-refractivity contribution in [1.29, 1.82) is 0 Å². The standard InChI is InChI=1S/C17H22F2N2O3S/c18-14-2-1-13(16(19)12-14)11-17(22)21-7-5-20(6-8-21)15-3-9-25(23,24)10-4-15/h1-2,12,15H,3-11H2. The van der Waals surface area contributed by atoms with Gasteiger partial charge in [-0.2, -0.15) is 0 Å². The highest BCUT2D eigenvalue weighted by Crippen LogP contribution is 2.20. The van der Waals surface area contributed by atoms with Crippen molar-refractivity contribution in [3.05, 3.63) is 35.4 Å². The highest BCUT2D eigenvalue weighted by molar-refractivity contribution is 7.91. The van der Waals surface area contributed by atoms with Crippen LogP contribution >= 0.6 is 0 Å². The third-order valence-corrected chi connectivity index (χ3v) is 6.78. The summed E-state index contributed by atoms with van der Waals surface area (Å²) in [7, 11) is -2.87. The molecule has 0 spiro atoms. The maximum absolute atomic E-state index is 13.7. The first kappa shape index (κ1) is 18.3. The van der Waals surface area contributed by atoms with E-state index in [1.165, 1.54) is 6.07 Å². The van der Waals surface area contributed by atoms with Crippen LogP contribution in [0.15, 0.2) is 18.2 Å². The fourth-order valence-corrected chi connectivity index (χ4v) is 4.99. The van der Waals surface area contributed by atoms with Crippen LogP contribution in [-0.2, 0) is 21.1 Å². The van der Waals surface area contributed by atoms with Crippen molar-refractivity contribution in [2.24, 2.45) is 0 Å². The van der Waals surface area contributed by atoms with Crippen molar-refractivity contribution in [2.75, 3.05) is 37.7 Å². The Morgan fingerprint density at radius 2 is 1.72 bits per heavy atom. The van der Waals surface area contributed by atoms with Crippen molar-refractivity contribution < 1.29 is 22.0 Å². The Balaban J connectivity index is 1.51. The molecule has 0 radical (unpaired) electrons. The van der Waals surface area contributed by atoms with E-state index >= 15 is 0 Å². The summed E-state index contributed by atoms with van der Waals surface area (Å²) in [5, 5.41) is 0. The van der Waals surface area contributed by atoms with E-state index in [0.717, 1.165) is 12.1 Å². The third-order valence-electron chi connectivity index (χ3n) is 5.06. The topological polar surface area (TPSA) is 57.7 Å². The lowest BCUT2D eigenvalue weighted by Gasteiger charge is -2.40. The van der Waals surface area contributed by atoms with E-state index < -0.39 is 21.5 Å². The maximum atomic E-state index is 13.7. The molecule has 0 aromatic heterocycles. The lowest BCUT2D eigenvalue weighted by molar-refractivity contribution is -0.132. The van der Waals surface area contributed by atoms with Crippen molar-refractivity contribution in [2.45, 2.75) is 25.3 Å². The Bertz CT molecular complexity index is 732. The molecule has 2 aliphatic heterocycles. The van der Waals surface area contributed by atoms with Gasteiger partial charge in [0.05, 0.1) is 17.9 Å². The highest BCUT2D eigenvalue weighted by Gasteiger charge is 2.31. The molecule has 0 bridgehead atoms. The molecule has 2 saturated heterocycles. The van der Waals surface area contributed by atoms with Gasteiger partial charge in [0.1, 0.15) is 21.5 Å². The van der Waals surface area contributed by atoms with Crippen LogP contribution in [0.2, 0.25) is 0 Å². The van der Waals surface area contributed by atoms with E-state index in [-0.39, 0.29) is 35.4 Å². The molecule has 0 aliphatic carbocycles. The molecule has 1 aromatic carbocycles. The van der Waals surface area contributed by atoms with Crippen molar-refractivity contribution in [3.63, 3.8) is 0 Å². The lowest BCUT2D eigenvalue weighted by atomic mass is 10.1. The molecule has 2 fully saturated rings. The zero-order valence-electron chi connectivity index (χ0n) is 14.0. The van der Waals surface area contributed by atoms with Gasteiger partial charge < -0.3 is 4.90 Å². The average molecular weight is 372 g/mol. The number of nitrogens with zero attached hydrogens (tertiary/aromatic N) is 2. The fourth-order valence-electron chi connectivity index (χ4n) is 3.52. The van der Waals surface area contributed by atoms with Gasteiger partial charge in [0.15, 0.2) is 0 Å². The second-order valence-corrected chi connectivity index (χ2v) is 9.02.